The Hall–Kier alpha value is -1.38. The van der Waals surface area contributed by atoms with Gasteiger partial charge in [0.25, 0.3) is 0 Å². The lowest BCUT2D eigenvalue weighted by Gasteiger charge is -1.99. The number of carbonyl (C=O) groups is 2. The van der Waals surface area contributed by atoms with Gasteiger partial charge < -0.3 is 5.32 Å². The van der Waals surface area contributed by atoms with E-state index in [4.69, 9.17) is 0 Å². The van der Waals surface area contributed by atoms with Gasteiger partial charge in [-0.25, -0.2) is 0 Å². The highest BCUT2D eigenvalue weighted by atomic mass is 16.2. The van der Waals surface area contributed by atoms with Crippen LogP contribution < -0.4 is 5.32 Å². The molecule has 1 amide bonds. The van der Waals surface area contributed by atoms with Crippen LogP contribution in [0.1, 0.15) is 19.8 Å². The third-order valence-electron chi connectivity index (χ3n) is 1.54. The van der Waals surface area contributed by atoms with Crippen LogP contribution in [-0.4, -0.2) is 11.7 Å². The average molecular weight is 165 g/mol. The van der Waals surface area contributed by atoms with Crippen molar-refractivity contribution >= 4 is 11.7 Å². The third kappa shape index (κ3) is 2.34. The van der Waals surface area contributed by atoms with Gasteiger partial charge in [-0.05, 0) is 13.0 Å². The van der Waals surface area contributed by atoms with Crippen LogP contribution in [0.2, 0.25) is 0 Å². The first-order chi connectivity index (χ1) is 5.72. The van der Waals surface area contributed by atoms with Gasteiger partial charge in [0.1, 0.15) is 0 Å². The van der Waals surface area contributed by atoms with Crippen molar-refractivity contribution in [3.8, 4) is 0 Å². The molecule has 3 nitrogen and oxygen atoms in total. The summed E-state index contributed by atoms with van der Waals surface area (Å²) >= 11 is 0. The van der Waals surface area contributed by atoms with Gasteiger partial charge in [0.05, 0.1) is 0 Å². The van der Waals surface area contributed by atoms with E-state index in [-0.39, 0.29) is 18.1 Å². The monoisotopic (exact) mass is 165 g/mol. The molecule has 0 spiro atoms. The van der Waals surface area contributed by atoms with E-state index in [0.717, 1.165) is 0 Å². The molecule has 0 saturated heterocycles. The van der Waals surface area contributed by atoms with Crippen LogP contribution in [0.25, 0.3) is 0 Å². The van der Waals surface area contributed by atoms with Crippen LogP contribution in [-0.2, 0) is 9.59 Å². The molecule has 1 heterocycles. The molecule has 0 radical (unpaired) electrons. The molecular weight excluding hydrogens is 154 g/mol. The highest BCUT2D eigenvalue weighted by Crippen LogP contribution is 2.03. The molecule has 0 fully saturated rings. The summed E-state index contributed by atoms with van der Waals surface area (Å²) in [6.07, 6.45) is 5.56. The SMILES string of the molecule is C/C=C/C1=CC(=O)CCC(=O)N1. The summed E-state index contributed by atoms with van der Waals surface area (Å²) in [5.41, 5.74) is 0.588. The molecule has 0 unspecified atom stereocenters. The van der Waals surface area contributed by atoms with Crippen LogP contribution >= 0.6 is 0 Å². The molecule has 0 aromatic heterocycles. The number of carbonyl (C=O) groups excluding carboxylic acids is 2. The van der Waals surface area contributed by atoms with Gasteiger partial charge in [-0.3, -0.25) is 9.59 Å². The van der Waals surface area contributed by atoms with E-state index in [0.29, 0.717) is 12.1 Å². The first kappa shape index (κ1) is 8.71. The molecule has 1 aliphatic rings. The molecule has 0 aliphatic carbocycles. The van der Waals surface area contributed by atoms with Crippen molar-refractivity contribution in [3.05, 3.63) is 23.9 Å². The predicted molar refractivity (Wildman–Crippen MR) is 45.3 cm³/mol. The Bertz CT molecular complexity index is 264. The fraction of sp³-hybridized carbons (Fsp3) is 0.333. The molecular formula is C9H11NO2. The van der Waals surface area contributed by atoms with Crippen molar-refractivity contribution in [1.29, 1.82) is 0 Å². The summed E-state index contributed by atoms with van der Waals surface area (Å²) in [6, 6.07) is 0. The van der Waals surface area contributed by atoms with E-state index in [1.807, 2.05) is 6.92 Å². The van der Waals surface area contributed by atoms with Crippen molar-refractivity contribution in [3.63, 3.8) is 0 Å². The number of amides is 1. The second-order valence-corrected chi connectivity index (χ2v) is 2.61. The lowest BCUT2D eigenvalue weighted by Crippen LogP contribution is -2.19. The van der Waals surface area contributed by atoms with Crippen molar-refractivity contribution in [2.45, 2.75) is 19.8 Å². The van der Waals surface area contributed by atoms with E-state index in [9.17, 15) is 9.59 Å². The molecule has 0 saturated carbocycles. The summed E-state index contributed by atoms with van der Waals surface area (Å²) in [5, 5.41) is 2.62. The number of rotatable bonds is 1. The van der Waals surface area contributed by atoms with Gasteiger partial charge in [-0.2, -0.15) is 0 Å². The molecule has 0 aromatic carbocycles. The zero-order valence-electron chi connectivity index (χ0n) is 6.96. The smallest absolute Gasteiger partial charge is 0.224 e. The Labute approximate surface area is 71.1 Å². The first-order valence-electron chi connectivity index (χ1n) is 3.89. The Morgan fingerprint density at radius 2 is 2.17 bits per heavy atom. The number of hydrogen-bond acceptors (Lipinski definition) is 2. The third-order valence-corrected chi connectivity index (χ3v) is 1.54. The topological polar surface area (TPSA) is 46.2 Å². The summed E-state index contributed by atoms with van der Waals surface area (Å²) in [7, 11) is 0. The molecule has 1 rings (SSSR count). The van der Waals surface area contributed by atoms with Gasteiger partial charge >= 0.3 is 0 Å². The number of hydrogen-bond donors (Lipinski definition) is 1. The fourth-order valence-corrected chi connectivity index (χ4v) is 1.01. The molecule has 12 heavy (non-hydrogen) atoms. The second-order valence-electron chi connectivity index (χ2n) is 2.61. The number of ketones is 1. The lowest BCUT2D eigenvalue weighted by molar-refractivity contribution is -0.122. The molecule has 0 aromatic rings. The lowest BCUT2D eigenvalue weighted by atomic mass is 10.2. The number of nitrogens with one attached hydrogen (secondary N) is 1. The Morgan fingerprint density at radius 3 is 2.83 bits per heavy atom. The Balaban J connectivity index is 2.80. The number of allylic oxidation sites excluding steroid dienone is 3. The minimum absolute atomic E-state index is 0.00134. The van der Waals surface area contributed by atoms with Crippen molar-refractivity contribution < 1.29 is 9.59 Å². The molecule has 1 N–H and O–H groups in total. The van der Waals surface area contributed by atoms with Gasteiger partial charge in [0.2, 0.25) is 5.91 Å². The zero-order chi connectivity index (χ0) is 8.97. The standard InChI is InChI=1S/C9H11NO2/c1-2-3-7-6-8(11)4-5-9(12)10-7/h2-3,6H,4-5H2,1H3,(H,10,12)/b3-2+. The average Bonchev–Trinajstić information content (AvgIpc) is 2.14. The quantitative estimate of drug-likeness (QED) is 0.628. The molecule has 3 heteroatoms. The first-order valence-corrected chi connectivity index (χ1v) is 3.89. The normalized spacial score (nSPS) is 18.9. The van der Waals surface area contributed by atoms with Gasteiger partial charge in [0, 0.05) is 24.6 Å². The summed E-state index contributed by atoms with van der Waals surface area (Å²) in [5.74, 6) is -0.0911. The summed E-state index contributed by atoms with van der Waals surface area (Å²) in [4.78, 5) is 22.0. The Kier molecular flexibility index (Phi) is 2.80. The minimum Gasteiger partial charge on any atom is -0.326 e. The van der Waals surface area contributed by atoms with Crippen LogP contribution in [0.3, 0.4) is 0 Å². The van der Waals surface area contributed by atoms with E-state index in [2.05, 4.69) is 5.32 Å². The fourth-order valence-electron chi connectivity index (χ4n) is 1.01. The van der Waals surface area contributed by atoms with E-state index >= 15 is 0 Å². The van der Waals surface area contributed by atoms with E-state index in [1.54, 1.807) is 12.2 Å². The van der Waals surface area contributed by atoms with Gasteiger partial charge in [0.15, 0.2) is 5.78 Å². The maximum atomic E-state index is 11.0. The predicted octanol–water partition coefficient (Wildman–Crippen LogP) is 0.925. The van der Waals surface area contributed by atoms with Gasteiger partial charge in [-0.15, -0.1) is 0 Å². The largest absolute Gasteiger partial charge is 0.326 e. The summed E-state index contributed by atoms with van der Waals surface area (Å²) in [6.45, 7) is 1.84. The maximum absolute atomic E-state index is 11.0. The van der Waals surface area contributed by atoms with Gasteiger partial charge in [-0.1, -0.05) is 6.08 Å². The van der Waals surface area contributed by atoms with Crippen LogP contribution in [0.5, 0.6) is 0 Å². The second kappa shape index (κ2) is 3.85. The highest BCUT2D eigenvalue weighted by Gasteiger charge is 2.11. The van der Waals surface area contributed by atoms with Crippen molar-refractivity contribution in [2.24, 2.45) is 0 Å². The zero-order valence-corrected chi connectivity index (χ0v) is 6.96. The van der Waals surface area contributed by atoms with E-state index in [1.165, 1.54) is 6.08 Å². The van der Waals surface area contributed by atoms with Crippen LogP contribution in [0.4, 0.5) is 0 Å². The highest BCUT2D eigenvalue weighted by molar-refractivity contribution is 5.96. The molecule has 64 valence electrons. The van der Waals surface area contributed by atoms with Crippen LogP contribution in [0, 0.1) is 0 Å². The Morgan fingerprint density at radius 1 is 1.42 bits per heavy atom. The molecule has 0 atom stereocenters. The van der Waals surface area contributed by atoms with Crippen molar-refractivity contribution in [1.82, 2.24) is 5.32 Å². The maximum Gasteiger partial charge on any atom is 0.224 e. The van der Waals surface area contributed by atoms with Crippen LogP contribution in [0.15, 0.2) is 23.9 Å². The molecule has 0 bridgehead atoms. The minimum atomic E-state index is -0.0924. The van der Waals surface area contributed by atoms with Crippen molar-refractivity contribution in [2.75, 3.05) is 0 Å². The van der Waals surface area contributed by atoms with E-state index < -0.39 is 0 Å². The summed E-state index contributed by atoms with van der Waals surface area (Å²) < 4.78 is 0. The molecule has 1 aliphatic heterocycles.